The summed E-state index contributed by atoms with van der Waals surface area (Å²) in [5, 5.41) is 5.40. The van der Waals surface area contributed by atoms with E-state index < -0.39 is 5.91 Å². The van der Waals surface area contributed by atoms with E-state index in [-0.39, 0.29) is 23.2 Å². The van der Waals surface area contributed by atoms with E-state index in [4.69, 9.17) is 16.3 Å². The predicted octanol–water partition coefficient (Wildman–Crippen LogP) is 2.03. The number of carbonyl (C=O) groups excluding carboxylic acids is 2. The summed E-state index contributed by atoms with van der Waals surface area (Å²) in [6.45, 7) is 5.50. The Morgan fingerprint density at radius 3 is 2.43 bits per heavy atom. The van der Waals surface area contributed by atoms with Crippen molar-refractivity contribution in [2.45, 2.75) is 20.4 Å². The summed E-state index contributed by atoms with van der Waals surface area (Å²) in [4.78, 5) is 34.6. The maximum absolute atomic E-state index is 12.4. The molecule has 0 aliphatic carbocycles. The number of methoxy groups -OCH3 is 1. The summed E-state index contributed by atoms with van der Waals surface area (Å²) in [5.74, 6) is 0.315. The van der Waals surface area contributed by atoms with Gasteiger partial charge in [-0.05, 0) is 31.5 Å². The normalized spacial score (nSPS) is 10.3. The number of hydrogen-bond acceptors (Lipinski definition) is 6. The minimum absolute atomic E-state index is 0.0431. The summed E-state index contributed by atoms with van der Waals surface area (Å²) in [5.41, 5.74) is 0.963. The third-order valence-electron chi connectivity index (χ3n) is 4.05. The lowest BCUT2D eigenvalue weighted by molar-refractivity contribution is -0.120. The van der Waals surface area contributed by atoms with Gasteiger partial charge in [-0.15, -0.1) is 0 Å². The molecule has 2 aromatic rings. The monoisotopic (exact) mass is 405 g/mol. The number of carbonyl (C=O) groups is 2. The summed E-state index contributed by atoms with van der Waals surface area (Å²) < 4.78 is 5.09. The molecule has 0 unspecified atom stereocenters. The van der Waals surface area contributed by atoms with Gasteiger partial charge in [-0.2, -0.15) is 0 Å². The van der Waals surface area contributed by atoms with Crippen LogP contribution in [0.4, 0.5) is 5.95 Å². The number of nitrogens with zero attached hydrogens (tertiary/aromatic N) is 3. The molecule has 1 aromatic heterocycles. The zero-order valence-electron chi connectivity index (χ0n) is 16.2. The van der Waals surface area contributed by atoms with Gasteiger partial charge >= 0.3 is 0 Å². The van der Waals surface area contributed by atoms with Gasteiger partial charge in [-0.1, -0.05) is 23.7 Å². The lowest BCUT2D eigenvalue weighted by Gasteiger charge is -2.19. The van der Waals surface area contributed by atoms with Crippen LogP contribution < -0.4 is 20.3 Å². The fraction of sp³-hybridized carbons (Fsp3) is 0.368. The summed E-state index contributed by atoms with van der Waals surface area (Å²) in [6.07, 6.45) is 1.39. The van der Waals surface area contributed by atoms with E-state index in [2.05, 4.69) is 20.6 Å². The zero-order valence-corrected chi connectivity index (χ0v) is 16.9. The molecule has 150 valence electrons. The first-order valence-corrected chi connectivity index (χ1v) is 9.31. The number of hydrogen-bond donors (Lipinski definition) is 2. The molecule has 2 N–H and O–H groups in total. The third-order valence-corrected chi connectivity index (χ3v) is 4.33. The second kappa shape index (κ2) is 10.5. The van der Waals surface area contributed by atoms with Crippen LogP contribution in [0.3, 0.4) is 0 Å². The van der Waals surface area contributed by atoms with Gasteiger partial charge < -0.3 is 20.3 Å². The van der Waals surface area contributed by atoms with E-state index in [1.807, 2.05) is 43.0 Å². The number of benzene rings is 1. The highest BCUT2D eigenvalue weighted by atomic mass is 35.5. The highest BCUT2D eigenvalue weighted by molar-refractivity contribution is 6.33. The van der Waals surface area contributed by atoms with Crippen LogP contribution in [-0.2, 0) is 11.3 Å². The maximum Gasteiger partial charge on any atom is 0.272 e. The minimum atomic E-state index is -0.527. The molecular formula is C19H24ClN5O3. The zero-order chi connectivity index (χ0) is 20.5. The quantitative estimate of drug-likeness (QED) is 0.662. The van der Waals surface area contributed by atoms with Crippen molar-refractivity contribution in [2.75, 3.05) is 31.6 Å². The highest BCUT2D eigenvalue weighted by Crippen LogP contribution is 2.16. The van der Waals surface area contributed by atoms with Gasteiger partial charge in [0.2, 0.25) is 11.9 Å². The number of ether oxygens (including phenoxy) is 1. The Bertz CT molecular complexity index is 810. The molecule has 1 heterocycles. The van der Waals surface area contributed by atoms with Crippen molar-refractivity contribution in [1.29, 1.82) is 0 Å². The van der Waals surface area contributed by atoms with Crippen LogP contribution in [0.15, 0.2) is 30.5 Å². The Labute approximate surface area is 169 Å². The van der Waals surface area contributed by atoms with Gasteiger partial charge in [0, 0.05) is 19.6 Å². The van der Waals surface area contributed by atoms with Crippen molar-refractivity contribution >= 4 is 29.4 Å². The van der Waals surface area contributed by atoms with Crippen molar-refractivity contribution in [3.05, 3.63) is 46.7 Å². The Hall–Kier alpha value is -2.87. The molecule has 0 atom stereocenters. The largest absolute Gasteiger partial charge is 0.497 e. The number of aromatic nitrogens is 2. The van der Waals surface area contributed by atoms with Crippen molar-refractivity contribution in [1.82, 2.24) is 20.6 Å². The second-order valence-electron chi connectivity index (χ2n) is 5.85. The summed E-state index contributed by atoms with van der Waals surface area (Å²) in [7, 11) is 1.59. The minimum Gasteiger partial charge on any atom is -0.497 e. The summed E-state index contributed by atoms with van der Waals surface area (Å²) >= 11 is 6.05. The van der Waals surface area contributed by atoms with Crippen molar-refractivity contribution in [3.63, 3.8) is 0 Å². The first kappa shape index (κ1) is 21.4. The Morgan fingerprint density at radius 1 is 1.14 bits per heavy atom. The fourth-order valence-electron chi connectivity index (χ4n) is 2.43. The number of rotatable bonds is 9. The fourth-order valence-corrected chi connectivity index (χ4v) is 2.60. The third kappa shape index (κ3) is 5.82. The van der Waals surface area contributed by atoms with E-state index in [9.17, 15) is 9.59 Å². The Balaban J connectivity index is 1.90. The molecule has 0 aliphatic heterocycles. The highest BCUT2D eigenvalue weighted by Gasteiger charge is 2.17. The lowest BCUT2D eigenvalue weighted by Crippen LogP contribution is -2.37. The molecule has 9 heteroatoms. The molecule has 0 fully saturated rings. The van der Waals surface area contributed by atoms with Crippen molar-refractivity contribution in [2.24, 2.45) is 0 Å². The smallest absolute Gasteiger partial charge is 0.272 e. The number of halogens is 1. The van der Waals surface area contributed by atoms with Crippen molar-refractivity contribution in [3.8, 4) is 5.75 Å². The molecule has 8 nitrogen and oxygen atoms in total. The molecule has 2 rings (SSSR count). The molecular weight excluding hydrogens is 382 g/mol. The van der Waals surface area contributed by atoms with Gasteiger partial charge in [-0.3, -0.25) is 9.59 Å². The van der Waals surface area contributed by atoms with Crippen LogP contribution in [0.2, 0.25) is 5.02 Å². The summed E-state index contributed by atoms with van der Waals surface area (Å²) in [6, 6.07) is 7.34. The van der Waals surface area contributed by atoms with Crippen LogP contribution in [-0.4, -0.2) is 48.5 Å². The van der Waals surface area contributed by atoms with E-state index in [0.29, 0.717) is 25.6 Å². The average Bonchev–Trinajstić information content (AvgIpc) is 2.72. The predicted molar refractivity (Wildman–Crippen MR) is 108 cm³/mol. The van der Waals surface area contributed by atoms with Crippen molar-refractivity contribution < 1.29 is 14.3 Å². The molecule has 0 spiro atoms. The molecule has 0 radical (unpaired) electrons. The first-order chi connectivity index (χ1) is 13.5. The molecule has 2 amide bonds. The maximum atomic E-state index is 12.4. The van der Waals surface area contributed by atoms with Crippen LogP contribution in [0.5, 0.6) is 5.75 Å². The van der Waals surface area contributed by atoms with Gasteiger partial charge in [0.25, 0.3) is 5.91 Å². The lowest BCUT2D eigenvalue weighted by atomic mass is 10.2. The Morgan fingerprint density at radius 2 is 1.82 bits per heavy atom. The molecule has 28 heavy (non-hydrogen) atoms. The molecule has 0 saturated carbocycles. The van der Waals surface area contributed by atoms with Gasteiger partial charge in [-0.25, -0.2) is 9.97 Å². The number of anilines is 1. The molecule has 1 aromatic carbocycles. The van der Waals surface area contributed by atoms with Crippen LogP contribution >= 0.6 is 11.6 Å². The number of nitrogens with one attached hydrogen (secondary N) is 2. The van der Waals surface area contributed by atoms with Crippen LogP contribution in [0.25, 0.3) is 0 Å². The Kier molecular flexibility index (Phi) is 8.01. The standard InChI is InChI=1S/C19H24ClN5O3/c1-4-25(5-2)19-23-11-15(20)17(24-19)18(27)22-12-16(26)21-10-13-6-8-14(28-3)9-7-13/h6-9,11H,4-5,10,12H2,1-3H3,(H,21,26)(H,22,27). The van der Waals surface area contributed by atoms with E-state index >= 15 is 0 Å². The SMILES string of the molecule is CCN(CC)c1ncc(Cl)c(C(=O)NCC(=O)NCc2ccc(OC)cc2)n1. The van der Waals surface area contributed by atoms with E-state index in [0.717, 1.165) is 11.3 Å². The molecule has 0 saturated heterocycles. The van der Waals surface area contributed by atoms with Crippen LogP contribution in [0.1, 0.15) is 29.9 Å². The average molecular weight is 406 g/mol. The van der Waals surface area contributed by atoms with Gasteiger partial charge in [0.05, 0.1) is 24.9 Å². The van der Waals surface area contributed by atoms with Gasteiger partial charge in [0.15, 0.2) is 5.69 Å². The molecule has 0 aliphatic rings. The van der Waals surface area contributed by atoms with Crippen LogP contribution in [0, 0.1) is 0 Å². The second-order valence-corrected chi connectivity index (χ2v) is 6.25. The topological polar surface area (TPSA) is 96.5 Å². The van der Waals surface area contributed by atoms with E-state index in [1.165, 1.54) is 6.20 Å². The number of amides is 2. The van der Waals surface area contributed by atoms with E-state index in [1.54, 1.807) is 7.11 Å². The first-order valence-electron chi connectivity index (χ1n) is 8.93. The molecule has 0 bridgehead atoms. The van der Waals surface area contributed by atoms with Gasteiger partial charge in [0.1, 0.15) is 5.75 Å².